The zero-order valence-electron chi connectivity index (χ0n) is 15.9. The summed E-state index contributed by atoms with van der Waals surface area (Å²) in [5.41, 5.74) is 0.987. The van der Waals surface area contributed by atoms with Crippen LogP contribution in [0, 0.1) is 35.0 Å². The molecule has 0 amide bonds. The van der Waals surface area contributed by atoms with Crippen molar-refractivity contribution in [2.75, 3.05) is 0 Å². The molecule has 1 unspecified atom stereocenters. The second-order valence-electron chi connectivity index (χ2n) is 8.63. The molecular formula is C21H34O2. The minimum atomic E-state index is -0.395. The van der Waals surface area contributed by atoms with E-state index in [2.05, 4.69) is 52.8 Å². The molecule has 23 heavy (non-hydrogen) atoms. The lowest BCUT2D eigenvalue weighted by Gasteiger charge is -2.45. The van der Waals surface area contributed by atoms with Gasteiger partial charge >= 0.3 is 5.97 Å². The van der Waals surface area contributed by atoms with Crippen LogP contribution in [-0.4, -0.2) is 12.1 Å². The van der Waals surface area contributed by atoms with Crippen molar-refractivity contribution >= 4 is 5.97 Å². The van der Waals surface area contributed by atoms with Gasteiger partial charge in [-0.25, -0.2) is 0 Å². The number of rotatable bonds is 4. The first-order valence-corrected chi connectivity index (χ1v) is 9.28. The highest BCUT2D eigenvalue weighted by atomic mass is 16.5. The van der Waals surface area contributed by atoms with Crippen molar-refractivity contribution in [1.82, 2.24) is 0 Å². The molecular weight excluding hydrogens is 284 g/mol. The molecule has 0 aromatic carbocycles. The van der Waals surface area contributed by atoms with Gasteiger partial charge in [-0.3, -0.25) is 4.79 Å². The molecule has 0 heterocycles. The van der Waals surface area contributed by atoms with Crippen LogP contribution in [0.3, 0.4) is 0 Å². The molecule has 0 aliphatic heterocycles. The lowest BCUT2D eigenvalue weighted by atomic mass is 9.63. The molecule has 0 fully saturated rings. The zero-order chi connectivity index (χ0) is 17.4. The summed E-state index contributed by atoms with van der Waals surface area (Å²) < 4.78 is 6.10. The van der Waals surface area contributed by atoms with Crippen molar-refractivity contribution in [3.05, 3.63) is 23.8 Å². The predicted molar refractivity (Wildman–Crippen MR) is 95.9 cm³/mol. The Kier molecular flexibility index (Phi) is 5.43. The Hall–Kier alpha value is -1.05. The Morgan fingerprint density at radius 1 is 1.35 bits per heavy atom. The third kappa shape index (κ3) is 3.72. The van der Waals surface area contributed by atoms with Gasteiger partial charge in [0, 0.05) is 5.92 Å². The predicted octanol–water partition coefficient (Wildman–Crippen LogP) is 5.39. The summed E-state index contributed by atoms with van der Waals surface area (Å²) in [6.45, 7) is 15.1. The standard InChI is InChI=1S/C21H34O2/c1-8-21(6,7)20(22)23-17-12-14(4)11-16-10-9-15(5)18(13(2)3)19(16)17/h9-11,13-15,17-19H,8,12H2,1-7H3/t14-,15+,17-,18-,19?/m0/s1. The molecule has 2 aliphatic carbocycles. The summed E-state index contributed by atoms with van der Waals surface area (Å²) >= 11 is 0. The van der Waals surface area contributed by atoms with Crippen LogP contribution >= 0.6 is 0 Å². The van der Waals surface area contributed by atoms with Gasteiger partial charge in [-0.15, -0.1) is 0 Å². The summed E-state index contributed by atoms with van der Waals surface area (Å²) in [4.78, 5) is 12.6. The Morgan fingerprint density at radius 2 is 2.00 bits per heavy atom. The molecule has 2 rings (SSSR count). The molecule has 2 heteroatoms. The average Bonchev–Trinajstić information content (AvgIpc) is 2.47. The number of carbonyl (C=O) groups excluding carboxylic acids is 1. The summed E-state index contributed by atoms with van der Waals surface area (Å²) in [7, 11) is 0. The smallest absolute Gasteiger partial charge is 0.311 e. The first-order chi connectivity index (χ1) is 10.7. The lowest BCUT2D eigenvalue weighted by Crippen LogP contribution is -2.44. The van der Waals surface area contributed by atoms with Crippen molar-refractivity contribution in [1.29, 1.82) is 0 Å². The number of hydrogen-bond donors (Lipinski definition) is 0. The van der Waals surface area contributed by atoms with E-state index < -0.39 is 5.41 Å². The number of esters is 1. The quantitative estimate of drug-likeness (QED) is 0.649. The first kappa shape index (κ1) is 18.3. The van der Waals surface area contributed by atoms with Gasteiger partial charge in [0.05, 0.1) is 5.41 Å². The Bertz CT molecular complexity index is 498. The molecule has 0 N–H and O–H groups in total. The van der Waals surface area contributed by atoms with Crippen molar-refractivity contribution in [2.45, 2.75) is 67.4 Å². The van der Waals surface area contributed by atoms with Gasteiger partial charge < -0.3 is 4.74 Å². The Labute approximate surface area is 142 Å². The number of allylic oxidation sites excluding steroid dienone is 3. The molecule has 0 spiro atoms. The molecule has 0 aromatic rings. The highest BCUT2D eigenvalue weighted by Gasteiger charge is 2.43. The lowest BCUT2D eigenvalue weighted by molar-refractivity contribution is -0.165. The third-order valence-corrected chi connectivity index (χ3v) is 5.95. The average molecular weight is 319 g/mol. The van der Waals surface area contributed by atoms with E-state index in [9.17, 15) is 4.79 Å². The molecule has 0 saturated carbocycles. The van der Waals surface area contributed by atoms with E-state index in [1.54, 1.807) is 0 Å². The van der Waals surface area contributed by atoms with E-state index in [1.807, 2.05) is 13.8 Å². The molecule has 5 atom stereocenters. The largest absolute Gasteiger partial charge is 0.461 e. The second kappa shape index (κ2) is 6.83. The second-order valence-corrected chi connectivity index (χ2v) is 8.63. The van der Waals surface area contributed by atoms with Gasteiger partial charge in [-0.05, 0) is 55.9 Å². The maximum Gasteiger partial charge on any atom is 0.311 e. The summed E-state index contributed by atoms with van der Waals surface area (Å²) in [5.74, 6) is 2.44. The normalized spacial score (nSPS) is 34.1. The van der Waals surface area contributed by atoms with Crippen LogP contribution in [0.25, 0.3) is 0 Å². The monoisotopic (exact) mass is 318 g/mol. The van der Waals surface area contributed by atoms with Crippen LogP contribution in [0.5, 0.6) is 0 Å². The van der Waals surface area contributed by atoms with Crippen LogP contribution in [0.2, 0.25) is 0 Å². The maximum atomic E-state index is 12.6. The number of carbonyl (C=O) groups is 1. The number of ether oxygens (including phenoxy) is 1. The molecule has 0 radical (unpaired) electrons. The molecule has 0 bridgehead atoms. The fourth-order valence-electron chi connectivity index (χ4n) is 4.17. The summed E-state index contributed by atoms with van der Waals surface area (Å²) in [6, 6.07) is 0. The topological polar surface area (TPSA) is 26.3 Å². The van der Waals surface area contributed by atoms with Gasteiger partial charge in [0.2, 0.25) is 0 Å². The van der Waals surface area contributed by atoms with Gasteiger partial charge in [-0.1, -0.05) is 52.8 Å². The molecule has 0 saturated heterocycles. The highest BCUT2D eigenvalue weighted by Crippen LogP contribution is 2.46. The van der Waals surface area contributed by atoms with E-state index >= 15 is 0 Å². The van der Waals surface area contributed by atoms with E-state index in [-0.39, 0.29) is 12.1 Å². The molecule has 2 aliphatic rings. The fourth-order valence-corrected chi connectivity index (χ4v) is 4.17. The van der Waals surface area contributed by atoms with E-state index in [1.165, 1.54) is 5.57 Å². The van der Waals surface area contributed by atoms with Crippen LogP contribution in [0.4, 0.5) is 0 Å². The molecule has 130 valence electrons. The van der Waals surface area contributed by atoms with Crippen molar-refractivity contribution < 1.29 is 9.53 Å². The van der Waals surface area contributed by atoms with E-state index in [4.69, 9.17) is 4.74 Å². The first-order valence-electron chi connectivity index (χ1n) is 9.28. The van der Waals surface area contributed by atoms with Crippen molar-refractivity contribution in [3.63, 3.8) is 0 Å². The Morgan fingerprint density at radius 3 is 2.57 bits per heavy atom. The van der Waals surface area contributed by atoms with Crippen LogP contribution < -0.4 is 0 Å². The van der Waals surface area contributed by atoms with Gasteiger partial charge in [-0.2, -0.15) is 0 Å². The summed E-state index contributed by atoms with van der Waals surface area (Å²) in [6.07, 6.45) is 8.77. The SMILES string of the molecule is CCC(C)(C)C(=O)O[C@H]1C[C@@H](C)C=C2C=C[C@@H](C)[C@H](C(C)C)C21. The third-order valence-electron chi connectivity index (χ3n) is 5.95. The fraction of sp³-hybridized carbons (Fsp3) is 0.762. The summed E-state index contributed by atoms with van der Waals surface area (Å²) in [5, 5.41) is 0. The van der Waals surface area contributed by atoms with Gasteiger partial charge in [0.15, 0.2) is 0 Å². The van der Waals surface area contributed by atoms with Crippen LogP contribution in [0.1, 0.15) is 61.3 Å². The van der Waals surface area contributed by atoms with Crippen molar-refractivity contribution in [2.24, 2.45) is 35.0 Å². The molecule has 2 nitrogen and oxygen atoms in total. The van der Waals surface area contributed by atoms with Crippen LogP contribution in [-0.2, 0) is 9.53 Å². The minimum Gasteiger partial charge on any atom is -0.461 e. The van der Waals surface area contributed by atoms with E-state index in [0.717, 1.165) is 12.8 Å². The molecule has 0 aromatic heterocycles. The highest BCUT2D eigenvalue weighted by molar-refractivity contribution is 5.76. The minimum absolute atomic E-state index is 0.0168. The number of hydrogen-bond acceptors (Lipinski definition) is 2. The van der Waals surface area contributed by atoms with E-state index in [0.29, 0.717) is 29.6 Å². The van der Waals surface area contributed by atoms with Crippen molar-refractivity contribution in [3.8, 4) is 0 Å². The van der Waals surface area contributed by atoms with Gasteiger partial charge in [0.25, 0.3) is 0 Å². The van der Waals surface area contributed by atoms with Gasteiger partial charge in [0.1, 0.15) is 6.10 Å². The zero-order valence-corrected chi connectivity index (χ0v) is 15.9. The Balaban J connectivity index is 2.30. The number of fused-ring (bicyclic) bond motifs is 1. The maximum absolute atomic E-state index is 12.6. The van der Waals surface area contributed by atoms with Crippen LogP contribution in [0.15, 0.2) is 23.8 Å².